The van der Waals surface area contributed by atoms with Gasteiger partial charge in [0.1, 0.15) is 11.2 Å². The summed E-state index contributed by atoms with van der Waals surface area (Å²) >= 11 is 0. The average Bonchev–Trinajstić information content (AvgIpc) is 2.87. The molecule has 34 heavy (non-hydrogen) atoms. The van der Waals surface area contributed by atoms with E-state index in [1.165, 1.54) is 10.8 Å². The molecule has 0 saturated heterocycles. The third-order valence-corrected chi connectivity index (χ3v) is 5.94. The summed E-state index contributed by atoms with van der Waals surface area (Å²) < 4.78 is 1.53. The van der Waals surface area contributed by atoms with Gasteiger partial charge in [-0.2, -0.15) is 0 Å². The van der Waals surface area contributed by atoms with Crippen LogP contribution in [0.4, 0.5) is 5.69 Å². The molecule has 174 valence electrons. The molecule has 1 heterocycles. The van der Waals surface area contributed by atoms with E-state index >= 15 is 0 Å². The fraction of sp³-hybridized carbons (Fsp3) is 0.185. The molecule has 0 bridgehead atoms. The number of hydrogen-bond donors (Lipinski definition) is 3. The third kappa shape index (κ3) is 4.19. The normalized spacial score (nSPS) is 11.4. The largest absolute Gasteiger partial charge is 0.395 e. The number of nitrogens with one attached hydrogen (secondary N) is 1. The molecule has 0 spiro atoms. The summed E-state index contributed by atoms with van der Waals surface area (Å²) in [6.07, 6.45) is 1.53. The molecule has 0 unspecified atom stereocenters. The van der Waals surface area contributed by atoms with E-state index < -0.39 is 16.8 Å². The number of rotatable bonds is 9. The monoisotopic (exact) mass is 457 g/mol. The van der Waals surface area contributed by atoms with E-state index in [4.69, 9.17) is 0 Å². The Hall–Kier alpha value is -3.94. The minimum Gasteiger partial charge on any atom is -0.395 e. The molecule has 0 aliphatic rings. The maximum absolute atomic E-state index is 13.5. The van der Waals surface area contributed by atoms with Gasteiger partial charge in [0.15, 0.2) is 0 Å². The van der Waals surface area contributed by atoms with Crippen LogP contribution in [-0.4, -0.2) is 46.1 Å². The summed E-state index contributed by atoms with van der Waals surface area (Å²) in [5, 5.41) is 19.1. The van der Waals surface area contributed by atoms with E-state index in [-0.39, 0.29) is 32.0 Å². The Balaban J connectivity index is 2.13. The molecule has 7 heteroatoms. The Morgan fingerprint density at radius 3 is 1.50 bits per heavy atom. The Bertz CT molecular complexity index is 1220. The van der Waals surface area contributed by atoms with Gasteiger partial charge in [0.25, 0.3) is 5.56 Å². The van der Waals surface area contributed by atoms with Gasteiger partial charge < -0.3 is 15.1 Å². The van der Waals surface area contributed by atoms with Crippen LogP contribution in [0.3, 0.4) is 0 Å². The first-order valence-electron chi connectivity index (χ1n) is 11.1. The number of aromatic amines is 1. The van der Waals surface area contributed by atoms with Crippen LogP contribution < -0.4 is 16.1 Å². The smallest absolute Gasteiger partial charge is 0.329 e. The van der Waals surface area contributed by atoms with Gasteiger partial charge in [-0.15, -0.1) is 0 Å². The number of hydrogen-bond acceptors (Lipinski definition) is 5. The van der Waals surface area contributed by atoms with Crippen LogP contribution in [0.15, 0.2) is 107 Å². The summed E-state index contributed by atoms with van der Waals surface area (Å²) in [6.45, 7) is -0.146. The van der Waals surface area contributed by atoms with E-state index in [9.17, 15) is 19.8 Å². The maximum Gasteiger partial charge on any atom is 0.329 e. The van der Waals surface area contributed by atoms with Gasteiger partial charge in [0, 0.05) is 19.3 Å². The number of nitrogens with zero attached hydrogens (tertiary/aromatic N) is 2. The molecule has 0 aliphatic heterocycles. The van der Waals surface area contributed by atoms with Crippen LogP contribution in [-0.2, 0) is 5.54 Å². The van der Waals surface area contributed by atoms with Crippen molar-refractivity contribution < 1.29 is 10.2 Å². The minimum atomic E-state index is -1.09. The van der Waals surface area contributed by atoms with E-state index in [0.29, 0.717) is 0 Å². The Morgan fingerprint density at radius 2 is 1.12 bits per heavy atom. The van der Waals surface area contributed by atoms with E-state index in [0.717, 1.165) is 16.7 Å². The van der Waals surface area contributed by atoms with Crippen molar-refractivity contribution in [3.63, 3.8) is 0 Å². The summed E-state index contributed by atoms with van der Waals surface area (Å²) in [7, 11) is 0. The molecule has 3 N–H and O–H groups in total. The van der Waals surface area contributed by atoms with Gasteiger partial charge in [-0.1, -0.05) is 91.0 Å². The van der Waals surface area contributed by atoms with E-state index in [2.05, 4.69) is 4.98 Å². The van der Waals surface area contributed by atoms with Crippen LogP contribution in [0.5, 0.6) is 0 Å². The highest BCUT2D eigenvalue weighted by atomic mass is 16.3. The number of anilines is 1. The van der Waals surface area contributed by atoms with Crippen molar-refractivity contribution >= 4 is 5.69 Å². The lowest BCUT2D eigenvalue weighted by molar-refractivity contribution is 0.280. The predicted octanol–water partition coefficient (Wildman–Crippen LogP) is 2.17. The minimum absolute atomic E-state index is 0.136. The molecule has 4 aromatic rings. The second-order valence-corrected chi connectivity index (χ2v) is 7.89. The number of aromatic nitrogens is 2. The lowest BCUT2D eigenvalue weighted by Gasteiger charge is -2.38. The zero-order chi connectivity index (χ0) is 24.0. The van der Waals surface area contributed by atoms with Crippen molar-refractivity contribution in [1.82, 2.24) is 9.55 Å². The highest BCUT2D eigenvalue weighted by Crippen LogP contribution is 2.39. The van der Waals surface area contributed by atoms with Crippen molar-refractivity contribution in [3.05, 3.63) is 135 Å². The van der Waals surface area contributed by atoms with Crippen molar-refractivity contribution in [2.24, 2.45) is 0 Å². The predicted molar refractivity (Wildman–Crippen MR) is 132 cm³/mol. The van der Waals surface area contributed by atoms with Gasteiger partial charge >= 0.3 is 5.69 Å². The molecule has 0 radical (unpaired) electrons. The van der Waals surface area contributed by atoms with Crippen LogP contribution in [0.2, 0.25) is 0 Å². The Kier molecular flexibility index (Phi) is 7.06. The van der Waals surface area contributed by atoms with Crippen LogP contribution in [0.25, 0.3) is 0 Å². The molecule has 0 amide bonds. The fourth-order valence-electron chi connectivity index (χ4n) is 4.48. The molecule has 7 nitrogen and oxygen atoms in total. The Labute approximate surface area is 197 Å². The molecular weight excluding hydrogens is 430 g/mol. The third-order valence-electron chi connectivity index (χ3n) is 5.94. The van der Waals surface area contributed by atoms with Gasteiger partial charge in [-0.3, -0.25) is 14.3 Å². The summed E-state index contributed by atoms with van der Waals surface area (Å²) in [5.41, 5.74) is 0.457. The number of aliphatic hydroxyl groups excluding tert-OH is 2. The topological polar surface area (TPSA) is 98.6 Å². The second-order valence-electron chi connectivity index (χ2n) is 7.89. The molecule has 0 saturated carbocycles. The van der Waals surface area contributed by atoms with Gasteiger partial charge in [-0.25, -0.2) is 4.79 Å². The molecule has 0 aliphatic carbocycles. The number of aliphatic hydroxyl groups is 2. The van der Waals surface area contributed by atoms with Gasteiger partial charge in [0.2, 0.25) is 0 Å². The van der Waals surface area contributed by atoms with E-state index in [1.54, 1.807) is 4.90 Å². The van der Waals surface area contributed by atoms with E-state index in [1.807, 2.05) is 91.0 Å². The van der Waals surface area contributed by atoms with Crippen LogP contribution >= 0.6 is 0 Å². The number of benzene rings is 3. The van der Waals surface area contributed by atoms with Crippen LogP contribution in [0, 0.1) is 0 Å². The standard InChI is InChI=1S/C27H27N3O4/c31-18-16-29(17-19-32)24-20-30(26(34)28-25(24)33)27(21-10-4-1-5-11-21,22-12-6-2-7-13-22)23-14-8-3-9-15-23/h1-15,20,31-32H,16-19H2,(H,28,33,34). The Morgan fingerprint density at radius 1 is 0.706 bits per heavy atom. The quantitative estimate of drug-likeness (QED) is 0.335. The van der Waals surface area contributed by atoms with Crippen molar-refractivity contribution in [2.75, 3.05) is 31.2 Å². The summed E-state index contributed by atoms with van der Waals surface area (Å²) in [6, 6.07) is 29.0. The second kappa shape index (κ2) is 10.3. The van der Waals surface area contributed by atoms with Crippen molar-refractivity contribution in [1.29, 1.82) is 0 Å². The molecule has 4 rings (SSSR count). The van der Waals surface area contributed by atoms with Gasteiger partial charge in [0.05, 0.1) is 13.2 Å². The SMILES string of the molecule is O=c1[nH]c(=O)n(C(c2ccccc2)(c2ccccc2)c2ccccc2)cc1N(CCO)CCO. The summed E-state index contributed by atoms with van der Waals surface area (Å²) in [4.78, 5) is 30.4. The first-order chi connectivity index (χ1) is 16.6. The van der Waals surface area contributed by atoms with Crippen LogP contribution in [0.1, 0.15) is 16.7 Å². The number of H-pyrrole nitrogens is 1. The summed E-state index contributed by atoms with van der Waals surface area (Å²) in [5.74, 6) is 0. The fourth-order valence-corrected chi connectivity index (χ4v) is 4.48. The zero-order valence-electron chi connectivity index (χ0n) is 18.7. The molecular formula is C27H27N3O4. The lowest BCUT2D eigenvalue weighted by Crippen LogP contribution is -2.48. The molecule has 3 aromatic carbocycles. The average molecular weight is 458 g/mol. The maximum atomic E-state index is 13.5. The highest BCUT2D eigenvalue weighted by Gasteiger charge is 2.39. The molecule has 0 fully saturated rings. The first-order valence-corrected chi connectivity index (χ1v) is 11.1. The van der Waals surface area contributed by atoms with Gasteiger partial charge in [-0.05, 0) is 16.7 Å². The highest BCUT2D eigenvalue weighted by molar-refractivity contribution is 5.52. The first kappa shape index (κ1) is 23.2. The molecule has 0 atom stereocenters. The zero-order valence-corrected chi connectivity index (χ0v) is 18.7. The molecule has 1 aromatic heterocycles. The lowest BCUT2D eigenvalue weighted by atomic mass is 9.76. The van der Waals surface area contributed by atoms with Crippen molar-refractivity contribution in [3.8, 4) is 0 Å². The van der Waals surface area contributed by atoms with Crippen molar-refractivity contribution in [2.45, 2.75) is 5.54 Å².